The van der Waals surface area contributed by atoms with Crippen LogP contribution in [-0.4, -0.2) is 27.4 Å². The maximum Gasteiger partial charge on any atom is 0.339 e. The van der Waals surface area contributed by atoms with Crippen molar-refractivity contribution in [1.29, 1.82) is 0 Å². The Morgan fingerprint density at radius 3 is 2.63 bits per heavy atom. The smallest absolute Gasteiger partial charge is 0.339 e. The minimum Gasteiger partial charge on any atom is -0.478 e. The number of carbonyl (C=O) groups is 1. The summed E-state index contributed by atoms with van der Waals surface area (Å²) in [5, 5.41) is 13.4. The quantitative estimate of drug-likeness (QED) is 0.893. The molecule has 5 nitrogen and oxygen atoms in total. The zero-order chi connectivity index (χ0) is 13.8. The van der Waals surface area contributed by atoms with E-state index in [1.54, 1.807) is 7.05 Å². The molecule has 0 aliphatic heterocycles. The molecule has 19 heavy (non-hydrogen) atoms. The topological polar surface area (TPSA) is 58.4 Å². The third kappa shape index (κ3) is 2.93. The Balaban J connectivity index is 2.26. The van der Waals surface area contributed by atoms with Gasteiger partial charge in [-0.15, -0.1) is 0 Å². The lowest BCUT2D eigenvalue weighted by Gasteiger charge is -2.22. The van der Waals surface area contributed by atoms with E-state index in [1.807, 2.05) is 37.3 Å². The molecule has 0 bridgehead atoms. The number of para-hydroxylation sites is 1. The fraction of sp³-hybridized carbons (Fsp3) is 0.286. The molecule has 0 saturated carbocycles. The molecule has 0 fully saturated rings. The summed E-state index contributed by atoms with van der Waals surface area (Å²) in [6, 6.07) is 9.91. The van der Waals surface area contributed by atoms with Gasteiger partial charge in [0.05, 0.1) is 12.2 Å². The first-order valence-corrected chi connectivity index (χ1v) is 6.17. The molecule has 0 spiro atoms. The van der Waals surface area contributed by atoms with Gasteiger partial charge in [-0.1, -0.05) is 18.2 Å². The molecule has 0 saturated heterocycles. The molecule has 1 aromatic carbocycles. The van der Waals surface area contributed by atoms with Gasteiger partial charge in [0.15, 0.2) is 0 Å². The van der Waals surface area contributed by atoms with Crippen molar-refractivity contribution in [2.45, 2.75) is 13.5 Å². The van der Waals surface area contributed by atoms with Crippen LogP contribution in [0.25, 0.3) is 0 Å². The number of carboxylic acid groups (broad SMARTS) is 1. The summed E-state index contributed by atoms with van der Waals surface area (Å²) in [7, 11) is 1.73. The van der Waals surface area contributed by atoms with Gasteiger partial charge in [0, 0.05) is 25.5 Å². The Morgan fingerprint density at radius 1 is 1.37 bits per heavy atom. The second-order valence-corrected chi connectivity index (χ2v) is 4.32. The van der Waals surface area contributed by atoms with E-state index in [9.17, 15) is 4.79 Å². The number of aromatic carboxylic acids is 1. The Bertz CT molecular complexity index is 563. The molecule has 100 valence electrons. The molecule has 0 radical (unpaired) electrons. The van der Waals surface area contributed by atoms with Crippen LogP contribution in [0.2, 0.25) is 0 Å². The molecular formula is C14H17N3O2. The minimum atomic E-state index is -0.938. The van der Waals surface area contributed by atoms with Gasteiger partial charge in [-0.05, 0) is 19.1 Å². The van der Waals surface area contributed by atoms with E-state index < -0.39 is 5.97 Å². The van der Waals surface area contributed by atoms with Crippen molar-refractivity contribution in [2.75, 3.05) is 11.4 Å². The highest BCUT2D eigenvalue weighted by Gasteiger charge is 2.17. The van der Waals surface area contributed by atoms with Crippen LogP contribution in [0.5, 0.6) is 0 Å². The van der Waals surface area contributed by atoms with Gasteiger partial charge in [0.1, 0.15) is 5.56 Å². The summed E-state index contributed by atoms with van der Waals surface area (Å²) in [5.74, 6) is -0.938. The lowest BCUT2D eigenvalue weighted by Crippen LogP contribution is -2.23. The first-order valence-electron chi connectivity index (χ1n) is 6.17. The van der Waals surface area contributed by atoms with Crippen molar-refractivity contribution in [1.82, 2.24) is 9.78 Å². The van der Waals surface area contributed by atoms with Crippen molar-refractivity contribution < 1.29 is 9.90 Å². The number of anilines is 1. The second kappa shape index (κ2) is 5.56. The van der Waals surface area contributed by atoms with Crippen LogP contribution in [0.1, 0.15) is 23.0 Å². The Hall–Kier alpha value is -2.30. The zero-order valence-electron chi connectivity index (χ0n) is 11.1. The minimum absolute atomic E-state index is 0.261. The molecule has 0 aliphatic rings. The molecule has 1 aromatic heterocycles. The average molecular weight is 259 g/mol. The number of carboxylic acids is 1. The number of nitrogens with zero attached hydrogens (tertiary/aromatic N) is 3. The molecular weight excluding hydrogens is 242 g/mol. The fourth-order valence-corrected chi connectivity index (χ4v) is 2.04. The van der Waals surface area contributed by atoms with E-state index in [-0.39, 0.29) is 5.56 Å². The van der Waals surface area contributed by atoms with Gasteiger partial charge < -0.3 is 10.0 Å². The highest BCUT2D eigenvalue weighted by molar-refractivity contribution is 5.88. The fourth-order valence-electron chi connectivity index (χ4n) is 2.04. The predicted molar refractivity (Wildman–Crippen MR) is 73.3 cm³/mol. The monoisotopic (exact) mass is 259 g/mol. The van der Waals surface area contributed by atoms with E-state index in [0.717, 1.165) is 12.2 Å². The van der Waals surface area contributed by atoms with Gasteiger partial charge in [-0.3, -0.25) is 4.68 Å². The summed E-state index contributed by atoms with van der Waals surface area (Å²) in [4.78, 5) is 13.3. The Morgan fingerprint density at radius 2 is 2.05 bits per heavy atom. The van der Waals surface area contributed by atoms with Gasteiger partial charge in [0.2, 0.25) is 0 Å². The van der Waals surface area contributed by atoms with Crippen molar-refractivity contribution in [3.8, 4) is 0 Å². The number of rotatable bonds is 5. The summed E-state index contributed by atoms with van der Waals surface area (Å²) < 4.78 is 1.54. The first kappa shape index (κ1) is 13.1. The van der Waals surface area contributed by atoms with E-state index in [0.29, 0.717) is 12.2 Å². The molecule has 1 N–H and O–H groups in total. The number of aromatic nitrogens is 2. The number of benzene rings is 1. The van der Waals surface area contributed by atoms with Gasteiger partial charge in [-0.25, -0.2) is 4.79 Å². The standard InChI is InChI=1S/C14H17N3O2/c1-3-17(11-7-5-4-6-8-11)10-13-12(14(18)19)9-16(2)15-13/h4-9H,3,10H2,1-2H3,(H,18,19). The van der Waals surface area contributed by atoms with Crippen LogP contribution in [0.3, 0.4) is 0 Å². The Labute approximate surface area is 112 Å². The molecule has 2 rings (SSSR count). The van der Waals surface area contributed by atoms with Crippen LogP contribution < -0.4 is 4.90 Å². The predicted octanol–water partition coefficient (Wildman–Crippen LogP) is 2.14. The third-order valence-electron chi connectivity index (χ3n) is 2.98. The highest BCUT2D eigenvalue weighted by Crippen LogP contribution is 2.17. The van der Waals surface area contributed by atoms with Crippen LogP contribution in [0.15, 0.2) is 36.5 Å². The second-order valence-electron chi connectivity index (χ2n) is 4.32. The van der Waals surface area contributed by atoms with Crippen LogP contribution in [0, 0.1) is 0 Å². The maximum atomic E-state index is 11.2. The molecule has 0 aliphatic carbocycles. The molecule has 5 heteroatoms. The zero-order valence-corrected chi connectivity index (χ0v) is 11.1. The van der Waals surface area contributed by atoms with Gasteiger partial charge >= 0.3 is 5.97 Å². The maximum absolute atomic E-state index is 11.2. The highest BCUT2D eigenvalue weighted by atomic mass is 16.4. The van der Waals surface area contributed by atoms with E-state index in [2.05, 4.69) is 10.00 Å². The summed E-state index contributed by atoms with van der Waals surface area (Å²) in [6.45, 7) is 3.32. The van der Waals surface area contributed by atoms with Crippen molar-refractivity contribution in [3.63, 3.8) is 0 Å². The third-order valence-corrected chi connectivity index (χ3v) is 2.98. The van der Waals surface area contributed by atoms with E-state index in [4.69, 9.17) is 5.11 Å². The van der Waals surface area contributed by atoms with E-state index >= 15 is 0 Å². The lowest BCUT2D eigenvalue weighted by atomic mass is 10.2. The van der Waals surface area contributed by atoms with E-state index in [1.165, 1.54) is 10.9 Å². The first-order chi connectivity index (χ1) is 9.11. The molecule has 2 aromatic rings. The SMILES string of the molecule is CCN(Cc1nn(C)cc1C(=O)O)c1ccccc1. The van der Waals surface area contributed by atoms with Crippen molar-refractivity contribution in [3.05, 3.63) is 47.8 Å². The summed E-state index contributed by atoms with van der Waals surface area (Å²) in [6.07, 6.45) is 1.54. The molecule has 0 unspecified atom stereocenters. The summed E-state index contributed by atoms with van der Waals surface area (Å²) >= 11 is 0. The molecule has 1 heterocycles. The van der Waals surface area contributed by atoms with Crippen molar-refractivity contribution >= 4 is 11.7 Å². The van der Waals surface area contributed by atoms with Crippen LogP contribution in [0.4, 0.5) is 5.69 Å². The van der Waals surface area contributed by atoms with Crippen LogP contribution in [-0.2, 0) is 13.6 Å². The number of aryl methyl sites for hydroxylation is 1. The van der Waals surface area contributed by atoms with Gasteiger partial charge in [-0.2, -0.15) is 5.10 Å². The molecule has 0 atom stereocenters. The lowest BCUT2D eigenvalue weighted by molar-refractivity contribution is 0.0695. The Kier molecular flexibility index (Phi) is 3.85. The molecule has 0 amide bonds. The number of hydrogen-bond acceptors (Lipinski definition) is 3. The normalized spacial score (nSPS) is 10.4. The largest absolute Gasteiger partial charge is 0.478 e. The van der Waals surface area contributed by atoms with Crippen molar-refractivity contribution in [2.24, 2.45) is 7.05 Å². The number of hydrogen-bond donors (Lipinski definition) is 1. The summed E-state index contributed by atoms with van der Waals surface area (Å²) in [5.41, 5.74) is 1.91. The van der Waals surface area contributed by atoms with Gasteiger partial charge in [0.25, 0.3) is 0 Å². The van der Waals surface area contributed by atoms with Crippen LogP contribution >= 0.6 is 0 Å². The average Bonchev–Trinajstić information content (AvgIpc) is 2.78.